The molecule has 0 unspecified atom stereocenters. The molecule has 0 aliphatic carbocycles. The number of carbonyl (C=O) groups excluding carboxylic acids is 2. The molecule has 27 heavy (non-hydrogen) atoms. The number of fused-ring (bicyclic) bond motifs is 1. The first-order valence-electron chi connectivity index (χ1n) is 8.75. The molecule has 1 N–H and O–H groups in total. The lowest BCUT2D eigenvalue weighted by molar-refractivity contribution is -0.115. The lowest BCUT2D eigenvalue weighted by Crippen LogP contribution is -2.14. The molecule has 0 fully saturated rings. The van der Waals surface area contributed by atoms with E-state index >= 15 is 0 Å². The summed E-state index contributed by atoms with van der Waals surface area (Å²) in [5, 5.41) is 2.82. The van der Waals surface area contributed by atoms with Crippen LogP contribution < -0.4 is 14.8 Å². The Labute approximate surface area is 162 Å². The van der Waals surface area contributed by atoms with Crippen LogP contribution in [0.3, 0.4) is 0 Å². The molecule has 0 radical (unpaired) electrons. The number of amides is 1. The van der Waals surface area contributed by atoms with Crippen molar-refractivity contribution in [2.45, 2.75) is 18.2 Å². The second kappa shape index (κ2) is 9.32. The van der Waals surface area contributed by atoms with Gasteiger partial charge in [-0.25, -0.2) is 4.79 Å². The fourth-order valence-corrected chi connectivity index (χ4v) is 3.46. The van der Waals surface area contributed by atoms with Crippen LogP contribution in [0.4, 0.5) is 5.69 Å². The van der Waals surface area contributed by atoms with Crippen LogP contribution >= 0.6 is 11.8 Å². The lowest BCUT2D eigenvalue weighted by Gasteiger charge is -2.10. The Balaban J connectivity index is 1.48. The minimum absolute atomic E-state index is 0.0458. The molecular formula is C20H21NO5S. The zero-order valence-electron chi connectivity index (χ0n) is 15.0. The number of hydrogen-bond acceptors (Lipinski definition) is 6. The van der Waals surface area contributed by atoms with Crippen LogP contribution in [0.25, 0.3) is 0 Å². The number of rotatable bonds is 7. The summed E-state index contributed by atoms with van der Waals surface area (Å²) in [4.78, 5) is 24.8. The molecule has 2 aromatic rings. The van der Waals surface area contributed by atoms with E-state index in [1.807, 2.05) is 25.1 Å². The normalized spacial score (nSPS) is 13.1. The summed E-state index contributed by atoms with van der Waals surface area (Å²) in [7, 11) is 0. The van der Waals surface area contributed by atoms with E-state index in [0.29, 0.717) is 30.0 Å². The average Bonchev–Trinajstić information content (AvgIpc) is 2.86. The van der Waals surface area contributed by atoms with Crippen molar-refractivity contribution >= 4 is 29.3 Å². The summed E-state index contributed by atoms with van der Waals surface area (Å²) in [6.45, 7) is 2.92. The summed E-state index contributed by atoms with van der Waals surface area (Å²) in [6, 6.07) is 12.5. The molecule has 1 aliphatic rings. The zero-order valence-corrected chi connectivity index (χ0v) is 15.8. The molecule has 0 saturated carbocycles. The van der Waals surface area contributed by atoms with E-state index in [9.17, 15) is 9.59 Å². The number of hydrogen-bond donors (Lipinski definition) is 1. The average molecular weight is 387 g/mol. The molecule has 0 spiro atoms. The van der Waals surface area contributed by atoms with E-state index in [0.717, 1.165) is 16.4 Å². The van der Waals surface area contributed by atoms with Crippen LogP contribution in [-0.4, -0.2) is 37.4 Å². The van der Waals surface area contributed by atoms with E-state index in [2.05, 4.69) is 5.32 Å². The molecular weight excluding hydrogens is 366 g/mol. The zero-order chi connectivity index (χ0) is 19.1. The highest BCUT2D eigenvalue weighted by Gasteiger charge is 2.16. The lowest BCUT2D eigenvalue weighted by atomic mass is 10.2. The number of ether oxygens (including phenoxy) is 3. The summed E-state index contributed by atoms with van der Waals surface area (Å²) in [6.07, 6.45) is 0.460. The molecule has 7 heteroatoms. The number of thioether (sulfide) groups is 1. The third-order valence-electron chi connectivity index (χ3n) is 3.80. The molecule has 2 aromatic carbocycles. The summed E-state index contributed by atoms with van der Waals surface area (Å²) in [5.41, 5.74) is 1.06. The molecule has 0 saturated heterocycles. The van der Waals surface area contributed by atoms with E-state index in [1.165, 1.54) is 0 Å². The Morgan fingerprint density at radius 1 is 1.07 bits per heavy atom. The van der Waals surface area contributed by atoms with Crippen molar-refractivity contribution in [3.8, 4) is 11.5 Å². The highest BCUT2D eigenvalue weighted by atomic mass is 32.2. The maximum atomic E-state index is 12.2. The molecule has 3 rings (SSSR count). The van der Waals surface area contributed by atoms with Gasteiger partial charge in [-0.15, -0.1) is 11.8 Å². The topological polar surface area (TPSA) is 73.9 Å². The van der Waals surface area contributed by atoms with Gasteiger partial charge >= 0.3 is 5.97 Å². The number of esters is 1. The van der Waals surface area contributed by atoms with Crippen molar-refractivity contribution in [1.29, 1.82) is 0 Å². The van der Waals surface area contributed by atoms with Gasteiger partial charge in [0, 0.05) is 17.1 Å². The molecule has 1 heterocycles. The van der Waals surface area contributed by atoms with Crippen molar-refractivity contribution in [3.63, 3.8) is 0 Å². The van der Waals surface area contributed by atoms with E-state index in [-0.39, 0.29) is 19.1 Å². The summed E-state index contributed by atoms with van der Waals surface area (Å²) >= 11 is 1.59. The van der Waals surface area contributed by atoms with E-state index in [1.54, 1.807) is 36.0 Å². The van der Waals surface area contributed by atoms with Gasteiger partial charge < -0.3 is 19.5 Å². The first kappa shape index (κ1) is 19.1. The predicted molar refractivity (Wildman–Crippen MR) is 104 cm³/mol. The number of carbonyl (C=O) groups is 2. The summed E-state index contributed by atoms with van der Waals surface area (Å²) in [5.74, 6) is 1.70. The second-order valence-electron chi connectivity index (χ2n) is 5.75. The molecule has 1 aliphatic heterocycles. The third-order valence-corrected chi connectivity index (χ3v) is 4.87. The molecule has 0 atom stereocenters. The van der Waals surface area contributed by atoms with Crippen molar-refractivity contribution < 1.29 is 23.8 Å². The number of nitrogens with one attached hydrogen (secondary N) is 1. The van der Waals surface area contributed by atoms with Gasteiger partial charge in [0.2, 0.25) is 5.91 Å². The Morgan fingerprint density at radius 3 is 2.56 bits per heavy atom. The molecule has 1 amide bonds. The van der Waals surface area contributed by atoms with E-state index < -0.39 is 5.97 Å². The highest BCUT2D eigenvalue weighted by molar-refractivity contribution is 7.99. The van der Waals surface area contributed by atoms with Crippen molar-refractivity contribution in [2.75, 3.05) is 30.9 Å². The largest absolute Gasteiger partial charge is 0.494 e. The maximum absolute atomic E-state index is 12.2. The van der Waals surface area contributed by atoms with Gasteiger partial charge in [-0.05, 0) is 49.4 Å². The first-order valence-corrected chi connectivity index (χ1v) is 9.74. The number of benzene rings is 2. The smallest absolute Gasteiger partial charge is 0.338 e. The van der Waals surface area contributed by atoms with Crippen LogP contribution in [0.5, 0.6) is 11.5 Å². The van der Waals surface area contributed by atoms with Gasteiger partial charge in [0.05, 0.1) is 17.9 Å². The monoisotopic (exact) mass is 387 g/mol. The highest BCUT2D eigenvalue weighted by Crippen LogP contribution is 2.31. The van der Waals surface area contributed by atoms with Gasteiger partial charge in [0.25, 0.3) is 0 Å². The van der Waals surface area contributed by atoms with Gasteiger partial charge in [-0.2, -0.15) is 0 Å². The van der Waals surface area contributed by atoms with Crippen LogP contribution in [0.15, 0.2) is 47.4 Å². The van der Waals surface area contributed by atoms with Gasteiger partial charge in [0.15, 0.2) is 0 Å². The fraction of sp³-hybridized carbons (Fsp3) is 0.300. The fourth-order valence-electron chi connectivity index (χ4n) is 2.52. The molecule has 0 aromatic heterocycles. The minimum Gasteiger partial charge on any atom is -0.494 e. The Kier molecular flexibility index (Phi) is 6.59. The number of anilines is 1. The third kappa shape index (κ3) is 5.40. The van der Waals surface area contributed by atoms with Gasteiger partial charge in [-0.1, -0.05) is 0 Å². The Hall–Kier alpha value is -2.67. The molecule has 142 valence electrons. The Bertz CT molecular complexity index is 807. The standard InChI is InChI=1S/C20H21NO5S/c1-2-24-15-4-6-16(7-5-15)25-10-11-26-20(23)14-3-8-18-17(13-14)21-19(22)9-12-27-18/h3-8,13H,2,9-12H2,1H3,(H,21,22). The quantitative estimate of drug-likeness (QED) is 0.576. The molecule has 0 bridgehead atoms. The van der Waals surface area contributed by atoms with Gasteiger partial charge in [0.1, 0.15) is 24.7 Å². The predicted octanol–water partition coefficient (Wildman–Crippen LogP) is 3.76. The van der Waals surface area contributed by atoms with Crippen LogP contribution in [-0.2, 0) is 9.53 Å². The second-order valence-corrected chi connectivity index (χ2v) is 6.88. The van der Waals surface area contributed by atoms with Crippen molar-refractivity contribution in [3.05, 3.63) is 48.0 Å². The Morgan fingerprint density at radius 2 is 1.81 bits per heavy atom. The first-order chi connectivity index (χ1) is 13.2. The summed E-state index contributed by atoms with van der Waals surface area (Å²) < 4.78 is 16.2. The van der Waals surface area contributed by atoms with Crippen LogP contribution in [0, 0.1) is 0 Å². The van der Waals surface area contributed by atoms with Crippen LogP contribution in [0.2, 0.25) is 0 Å². The minimum atomic E-state index is -0.448. The SMILES string of the molecule is CCOc1ccc(OCCOC(=O)c2ccc3c(c2)NC(=O)CCS3)cc1. The van der Waals surface area contributed by atoms with Crippen LogP contribution in [0.1, 0.15) is 23.7 Å². The maximum Gasteiger partial charge on any atom is 0.338 e. The van der Waals surface area contributed by atoms with Crippen molar-refractivity contribution in [2.24, 2.45) is 0 Å². The van der Waals surface area contributed by atoms with Gasteiger partial charge in [-0.3, -0.25) is 4.79 Å². The van der Waals surface area contributed by atoms with Crippen molar-refractivity contribution in [1.82, 2.24) is 0 Å². The van der Waals surface area contributed by atoms with E-state index in [4.69, 9.17) is 14.2 Å². The molecule has 6 nitrogen and oxygen atoms in total.